The van der Waals surface area contributed by atoms with Crippen molar-refractivity contribution in [3.05, 3.63) is 52.8 Å². The van der Waals surface area contributed by atoms with E-state index in [4.69, 9.17) is 21.3 Å². The van der Waals surface area contributed by atoms with Crippen molar-refractivity contribution in [2.24, 2.45) is 5.92 Å². The SMILES string of the molecule is COc1cnc(Cl)cc1-c1cc(C)ncc1C(=O)Nc1nc2ncc([C@H]3CC[C@@H](CO)C3)nc2s1. The van der Waals surface area contributed by atoms with Crippen LogP contribution in [-0.2, 0) is 0 Å². The number of amides is 1. The zero-order valence-electron chi connectivity index (χ0n) is 19.2. The van der Waals surface area contributed by atoms with Gasteiger partial charge in [0.1, 0.15) is 10.9 Å². The molecule has 1 aliphatic carbocycles. The molecule has 0 aliphatic heterocycles. The van der Waals surface area contributed by atoms with Crippen molar-refractivity contribution in [3.63, 3.8) is 0 Å². The first-order valence-corrected chi connectivity index (χ1v) is 12.4. The number of halogens is 1. The van der Waals surface area contributed by atoms with Crippen LogP contribution in [0.1, 0.15) is 46.9 Å². The number of hydrogen-bond donors (Lipinski definition) is 2. The molecule has 0 radical (unpaired) electrons. The average molecular weight is 511 g/mol. The molecule has 0 saturated heterocycles. The highest BCUT2D eigenvalue weighted by atomic mass is 35.5. The normalized spacial score (nSPS) is 17.6. The van der Waals surface area contributed by atoms with Gasteiger partial charge in [0, 0.05) is 35.5 Å². The Morgan fingerprint density at radius 3 is 2.80 bits per heavy atom. The summed E-state index contributed by atoms with van der Waals surface area (Å²) >= 11 is 7.40. The molecule has 1 aliphatic rings. The van der Waals surface area contributed by atoms with E-state index in [1.165, 1.54) is 30.8 Å². The molecule has 180 valence electrons. The molecule has 1 amide bonds. The highest BCUT2D eigenvalue weighted by molar-refractivity contribution is 7.21. The van der Waals surface area contributed by atoms with Gasteiger partial charge in [0.05, 0.1) is 30.8 Å². The molecule has 0 unspecified atom stereocenters. The Labute approximate surface area is 210 Å². The van der Waals surface area contributed by atoms with Crippen molar-refractivity contribution in [2.45, 2.75) is 32.1 Å². The third-order valence-electron chi connectivity index (χ3n) is 6.21. The van der Waals surface area contributed by atoms with Crippen LogP contribution >= 0.6 is 22.9 Å². The second-order valence-electron chi connectivity index (χ2n) is 8.53. The van der Waals surface area contributed by atoms with Gasteiger partial charge in [-0.15, -0.1) is 0 Å². The third kappa shape index (κ3) is 4.82. The van der Waals surface area contributed by atoms with Crippen molar-refractivity contribution < 1.29 is 14.6 Å². The van der Waals surface area contributed by atoms with Crippen molar-refractivity contribution >= 4 is 44.5 Å². The highest BCUT2D eigenvalue weighted by Gasteiger charge is 2.27. The molecule has 1 fully saturated rings. The van der Waals surface area contributed by atoms with E-state index in [1.54, 1.807) is 18.3 Å². The molecule has 4 heterocycles. The van der Waals surface area contributed by atoms with Gasteiger partial charge in [-0.1, -0.05) is 22.9 Å². The number of aliphatic hydroxyl groups is 1. The van der Waals surface area contributed by atoms with Crippen LogP contribution in [-0.4, -0.2) is 49.7 Å². The van der Waals surface area contributed by atoms with E-state index in [0.29, 0.717) is 44.0 Å². The fourth-order valence-electron chi connectivity index (χ4n) is 4.41. The van der Waals surface area contributed by atoms with Gasteiger partial charge in [0.15, 0.2) is 15.6 Å². The number of fused-ring (bicyclic) bond motifs is 1. The van der Waals surface area contributed by atoms with Crippen molar-refractivity contribution in [2.75, 3.05) is 19.0 Å². The third-order valence-corrected chi connectivity index (χ3v) is 7.27. The van der Waals surface area contributed by atoms with Crippen LogP contribution in [0, 0.1) is 12.8 Å². The van der Waals surface area contributed by atoms with Crippen LogP contribution in [0.3, 0.4) is 0 Å². The number of methoxy groups -OCH3 is 1. The lowest BCUT2D eigenvalue weighted by molar-refractivity contribution is 0.102. The van der Waals surface area contributed by atoms with Crippen molar-refractivity contribution in [3.8, 4) is 16.9 Å². The molecule has 9 nitrogen and oxygen atoms in total. The number of aliphatic hydroxyl groups excluding tert-OH is 1. The summed E-state index contributed by atoms with van der Waals surface area (Å²) in [5.41, 5.74) is 3.73. The first-order valence-electron chi connectivity index (χ1n) is 11.2. The number of rotatable bonds is 6. The number of pyridine rings is 2. The van der Waals surface area contributed by atoms with E-state index >= 15 is 0 Å². The maximum Gasteiger partial charge on any atom is 0.259 e. The van der Waals surface area contributed by atoms with Crippen LogP contribution in [0.5, 0.6) is 5.75 Å². The minimum Gasteiger partial charge on any atom is -0.494 e. The van der Waals surface area contributed by atoms with Crippen LogP contribution in [0.2, 0.25) is 5.15 Å². The lowest BCUT2D eigenvalue weighted by Gasteiger charge is -2.13. The maximum absolute atomic E-state index is 13.3. The van der Waals surface area contributed by atoms with Gasteiger partial charge in [0.25, 0.3) is 5.91 Å². The number of thiazole rings is 1. The standard InChI is InChI=1S/C24H23ClN6O3S/c1-12-5-15(16-7-20(25)27-10-19(16)34-2)17(8-26-12)22(33)31-24-30-21-23(35-24)29-18(9-28-21)14-4-3-13(6-14)11-32/h5,7-10,13-14,32H,3-4,6,11H2,1-2H3,(H,28,30,31,33)/t13-,14+/m1/s1. The summed E-state index contributed by atoms with van der Waals surface area (Å²) in [6, 6.07) is 3.46. The largest absolute Gasteiger partial charge is 0.494 e. The Morgan fingerprint density at radius 1 is 1.17 bits per heavy atom. The molecule has 0 bridgehead atoms. The van der Waals surface area contributed by atoms with Gasteiger partial charge >= 0.3 is 0 Å². The first kappa shape index (κ1) is 23.5. The summed E-state index contributed by atoms with van der Waals surface area (Å²) in [5, 5.41) is 13.0. The van der Waals surface area contributed by atoms with Crippen LogP contribution in [0.25, 0.3) is 21.6 Å². The van der Waals surface area contributed by atoms with Crippen molar-refractivity contribution in [1.82, 2.24) is 24.9 Å². The van der Waals surface area contributed by atoms with E-state index < -0.39 is 0 Å². The van der Waals surface area contributed by atoms with Gasteiger partial charge in [-0.3, -0.25) is 15.1 Å². The van der Waals surface area contributed by atoms with Crippen LogP contribution < -0.4 is 10.1 Å². The predicted octanol–water partition coefficient (Wildman–Crippen LogP) is 4.64. The molecule has 5 rings (SSSR count). The van der Waals surface area contributed by atoms with Gasteiger partial charge < -0.3 is 9.84 Å². The second-order valence-corrected chi connectivity index (χ2v) is 9.90. The van der Waals surface area contributed by atoms with E-state index in [9.17, 15) is 9.90 Å². The van der Waals surface area contributed by atoms with Crippen LogP contribution in [0.15, 0.2) is 30.7 Å². The number of carbonyl (C=O) groups is 1. The summed E-state index contributed by atoms with van der Waals surface area (Å²) < 4.78 is 5.44. The Hall–Kier alpha value is -3.21. The number of nitrogens with one attached hydrogen (secondary N) is 1. The zero-order valence-corrected chi connectivity index (χ0v) is 20.7. The Balaban J connectivity index is 1.43. The van der Waals surface area contributed by atoms with E-state index in [1.807, 2.05) is 6.92 Å². The molecule has 35 heavy (non-hydrogen) atoms. The fraction of sp³-hybridized carbons (Fsp3) is 0.333. The number of aromatic nitrogens is 5. The van der Waals surface area contributed by atoms with E-state index in [0.717, 1.165) is 30.7 Å². The van der Waals surface area contributed by atoms with E-state index in [-0.39, 0.29) is 23.6 Å². The van der Waals surface area contributed by atoms with Gasteiger partial charge in [-0.25, -0.2) is 15.0 Å². The summed E-state index contributed by atoms with van der Waals surface area (Å²) in [6.07, 6.45) is 7.67. The average Bonchev–Trinajstić information content (AvgIpc) is 3.50. The zero-order chi connectivity index (χ0) is 24.5. The smallest absolute Gasteiger partial charge is 0.259 e. The Kier molecular flexibility index (Phi) is 6.59. The predicted molar refractivity (Wildman–Crippen MR) is 134 cm³/mol. The van der Waals surface area contributed by atoms with Crippen LogP contribution in [0.4, 0.5) is 5.13 Å². The minimum absolute atomic E-state index is 0.205. The molecule has 11 heteroatoms. The summed E-state index contributed by atoms with van der Waals surface area (Å²) in [6.45, 7) is 2.05. The molecular formula is C24H23ClN6O3S. The maximum atomic E-state index is 13.3. The topological polar surface area (TPSA) is 123 Å². The number of ether oxygens (including phenoxy) is 1. The van der Waals surface area contributed by atoms with Gasteiger partial charge in [-0.05, 0) is 44.2 Å². The second kappa shape index (κ2) is 9.80. The molecule has 0 spiro atoms. The number of nitrogens with zero attached hydrogens (tertiary/aromatic N) is 5. The molecule has 2 atom stereocenters. The molecule has 1 saturated carbocycles. The fourth-order valence-corrected chi connectivity index (χ4v) is 5.37. The first-order chi connectivity index (χ1) is 16.9. The van der Waals surface area contributed by atoms with Crippen molar-refractivity contribution in [1.29, 1.82) is 0 Å². The molecular weight excluding hydrogens is 488 g/mol. The molecule has 0 aromatic carbocycles. The summed E-state index contributed by atoms with van der Waals surface area (Å²) in [4.78, 5) is 36.0. The Morgan fingerprint density at radius 2 is 2.03 bits per heavy atom. The Bertz CT molecular complexity index is 1410. The van der Waals surface area contributed by atoms with Gasteiger partial charge in [-0.2, -0.15) is 4.98 Å². The number of carbonyl (C=O) groups excluding carboxylic acids is 1. The summed E-state index contributed by atoms with van der Waals surface area (Å²) in [5.74, 6) is 0.723. The molecule has 4 aromatic rings. The van der Waals surface area contributed by atoms with Gasteiger partial charge in [0.2, 0.25) is 0 Å². The minimum atomic E-state index is -0.372. The highest BCUT2D eigenvalue weighted by Crippen LogP contribution is 2.38. The number of anilines is 1. The van der Waals surface area contributed by atoms with E-state index in [2.05, 4.69) is 25.3 Å². The lowest BCUT2D eigenvalue weighted by Crippen LogP contribution is -2.14. The quantitative estimate of drug-likeness (QED) is 0.359. The summed E-state index contributed by atoms with van der Waals surface area (Å²) in [7, 11) is 1.53. The monoisotopic (exact) mass is 510 g/mol. The number of hydrogen-bond acceptors (Lipinski definition) is 9. The lowest BCUT2D eigenvalue weighted by atomic mass is 10.0. The molecule has 4 aromatic heterocycles. The number of aryl methyl sites for hydroxylation is 1. The molecule has 2 N–H and O–H groups in total.